The van der Waals surface area contributed by atoms with Crippen molar-refractivity contribution in [1.82, 2.24) is 10.3 Å². The Balaban J connectivity index is 2.10. The fraction of sp³-hybridized carbons (Fsp3) is 0.231. The van der Waals surface area contributed by atoms with Crippen molar-refractivity contribution in [2.45, 2.75) is 20.4 Å². The van der Waals surface area contributed by atoms with Gasteiger partial charge in [-0.25, -0.2) is 4.98 Å². The van der Waals surface area contributed by atoms with E-state index in [2.05, 4.69) is 10.3 Å². The van der Waals surface area contributed by atoms with Gasteiger partial charge in [-0.05, 0) is 26.0 Å². The molecule has 2 aromatic rings. The molecule has 0 aliphatic heterocycles. The Hall–Kier alpha value is -2.48. The number of benzene rings is 1. The summed E-state index contributed by atoms with van der Waals surface area (Å²) >= 11 is 1.49. The van der Waals surface area contributed by atoms with Gasteiger partial charge in [-0.2, -0.15) is 0 Å². The molecule has 0 bridgehead atoms. The standard InChI is InChI=1S/C13H13N3O4S/c1-7-8(2)21-12(15-7)6-14-13(18)9-3-4-11(17)10(5-9)16(19)20/h3-5,17H,6H2,1-2H3,(H,14,18). The van der Waals surface area contributed by atoms with Gasteiger partial charge >= 0.3 is 5.69 Å². The van der Waals surface area contributed by atoms with Gasteiger partial charge in [0, 0.05) is 16.5 Å². The minimum Gasteiger partial charge on any atom is -0.502 e. The predicted octanol–water partition coefficient (Wildman–Crippen LogP) is 2.30. The molecule has 2 rings (SSSR count). The first-order chi connectivity index (χ1) is 9.88. The third-order valence-corrected chi connectivity index (χ3v) is 3.98. The summed E-state index contributed by atoms with van der Waals surface area (Å²) < 4.78 is 0. The summed E-state index contributed by atoms with van der Waals surface area (Å²) in [5, 5.41) is 23.5. The van der Waals surface area contributed by atoms with Crippen molar-refractivity contribution in [3.63, 3.8) is 0 Å². The molecule has 7 nitrogen and oxygen atoms in total. The number of rotatable bonds is 4. The zero-order chi connectivity index (χ0) is 15.6. The third-order valence-electron chi connectivity index (χ3n) is 2.91. The summed E-state index contributed by atoms with van der Waals surface area (Å²) in [6, 6.07) is 3.50. The molecule has 0 aliphatic rings. The average molecular weight is 307 g/mol. The van der Waals surface area contributed by atoms with Crippen LogP contribution in [-0.4, -0.2) is 20.9 Å². The molecule has 2 N–H and O–H groups in total. The lowest BCUT2D eigenvalue weighted by atomic mass is 10.2. The van der Waals surface area contributed by atoms with E-state index in [0.29, 0.717) is 0 Å². The summed E-state index contributed by atoms with van der Waals surface area (Å²) in [6.07, 6.45) is 0. The first kappa shape index (κ1) is 14.9. The number of aryl methyl sites for hydroxylation is 2. The number of thiazole rings is 1. The van der Waals surface area contributed by atoms with Gasteiger partial charge in [0.05, 0.1) is 17.2 Å². The molecule has 0 spiro atoms. The van der Waals surface area contributed by atoms with E-state index >= 15 is 0 Å². The lowest BCUT2D eigenvalue weighted by Gasteiger charge is -2.04. The number of hydrogen-bond donors (Lipinski definition) is 2. The van der Waals surface area contributed by atoms with Crippen molar-refractivity contribution >= 4 is 22.9 Å². The number of nitrogens with zero attached hydrogens (tertiary/aromatic N) is 2. The second kappa shape index (κ2) is 5.88. The second-order valence-electron chi connectivity index (χ2n) is 4.39. The fourth-order valence-corrected chi connectivity index (χ4v) is 2.56. The van der Waals surface area contributed by atoms with Crippen LogP contribution in [0.1, 0.15) is 25.9 Å². The minimum absolute atomic E-state index is 0.115. The van der Waals surface area contributed by atoms with Crippen molar-refractivity contribution in [2.75, 3.05) is 0 Å². The molecule has 1 aromatic heterocycles. The predicted molar refractivity (Wildman–Crippen MR) is 77.5 cm³/mol. The third kappa shape index (κ3) is 3.34. The number of nitro groups is 1. The molecule has 0 radical (unpaired) electrons. The van der Waals surface area contributed by atoms with Crippen molar-refractivity contribution < 1.29 is 14.8 Å². The lowest BCUT2D eigenvalue weighted by Crippen LogP contribution is -2.22. The first-order valence-corrected chi connectivity index (χ1v) is 6.88. The van der Waals surface area contributed by atoms with Gasteiger partial charge in [-0.3, -0.25) is 14.9 Å². The van der Waals surface area contributed by atoms with Crippen LogP contribution in [0.25, 0.3) is 0 Å². The summed E-state index contributed by atoms with van der Waals surface area (Å²) in [6.45, 7) is 4.09. The van der Waals surface area contributed by atoms with E-state index in [1.165, 1.54) is 17.4 Å². The van der Waals surface area contributed by atoms with Gasteiger partial charge < -0.3 is 10.4 Å². The summed E-state index contributed by atoms with van der Waals surface area (Å²) in [5.41, 5.74) is 0.539. The number of carbonyl (C=O) groups is 1. The molecular formula is C13H13N3O4S. The van der Waals surface area contributed by atoms with Gasteiger partial charge in [0.15, 0.2) is 5.75 Å². The Labute approximate surface area is 124 Å². The molecule has 0 saturated heterocycles. The van der Waals surface area contributed by atoms with Gasteiger partial charge in [0.2, 0.25) is 0 Å². The van der Waals surface area contributed by atoms with E-state index in [1.807, 2.05) is 13.8 Å². The highest BCUT2D eigenvalue weighted by molar-refractivity contribution is 7.11. The normalized spacial score (nSPS) is 10.4. The van der Waals surface area contributed by atoms with Crippen LogP contribution in [0.2, 0.25) is 0 Å². The maximum atomic E-state index is 12.0. The summed E-state index contributed by atoms with van der Waals surface area (Å²) in [5.74, 6) is -0.925. The number of nitrogens with one attached hydrogen (secondary N) is 1. The van der Waals surface area contributed by atoms with Crippen LogP contribution in [-0.2, 0) is 6.54 Å². The van der Waals surface area contributed by atoms with Crippen molar-refractivity contribution in [3.05, 3.63) is 49.5 Å². The highest BCUT2D eigenvalue weighted by Gasteiger charge is 2.17. The Morgan fingerprint density at radius 2 is 2.19 bits per heavy atom. The van der Waals surface area contributed by atoms with E-state index in [4.69, 9.17) is 0 Å². The minimum atomic E-state index is -0.736. The van der Waals surface area contributed by atoms with Crippen molar-refractivity contribution in [2.24, 2.45) is 0 Å². The molecule has 0 unspecified atom stereocenters. The molecule has 21 heavy (non-hydrogen) atoms. The van der Waals surface area contributed by atoms with Gasteiger partial charge in [-0.15, -0.1) is 11.3 Å². The molecule has 0 aliphatic carbocycles. The SMILES string of the molecule is Cc1nc(CNC(=O)c2ccc(O)c([N+](=O)[O-])c2)sc1C. The number of aromatic hydroxyl groups is 1. The smallest absolute Gasteiger partial charge is 0.311 e. The average Bonchev–Trinajstić information content (AvgIpc) is 2.75. The molecule has 0 saturated carbocycles. The van der Waals surface area contributed by atoms with Gasteiger partial charge in [-0.1, -0.05) is 0 Å². The van der Waals surface area contributed by atoms with Crippen molar-refractivity contribution in [1.29, 1.82) is 0 Å². The largest absolute Gasteiger partial charge is 0.502 e. The Morgan fingerprint density at radius 3 is 2.76 bits per heavy atom. The molecular weight excluding hydrogens is 294 g/mol. The highest BCUT2D eigenvalue weighted by atomic mass is 32.1. The van der Waals surface area contributed by atoms with Crippen LogP contribution in [0, 0.1) is 24.0 Å². The molecule has 8 heteroatoms. The molecule has 0 fully saturated rings. The van der Waals surface area contributed by atoms with Gasteiger partial charge in [0.25, 0.3) is 5.91 Å². The van der Waals surface area contributed by atoms with Crippen LogP contribution in [0.15, 0.2) is 18.2 Å². The number of carbonyl (C=O) groups excluding carboxylic acids is 1. The fourth-order valence-electron chi connectivity index (χ4n) is 1.68. The van der Waals surface area contributed by atoms with E-state index < -0.39 is 22.3 Å². The quantitative estimate of drug-likeness (QED) is 0.666. The molecule has 1 amide bonds. The number of phenols is 1. The van der Waals surface area contributed by atoms with E-state index in [9.17, 15) is 20.0 Å². The maximum absolute atomic E-state index is 12.0. The van der Waals surface area contributed by atoms with E-state index in [1.54, 1.807) is 0 Å². The van der Waals surface area contributed by atoms with Crippen LogP contribution in [0.4, 0.5) is 5.69 Å². The molecule has 1 heterocycles. The van der Waals surface area contributed by atoms with Crippen LogP contribution < -0.4 is 5.32 Å². The number of phenolic OH excluding ortho intramolecular Hbond substituents is 1. The lowest BCUT2D eigenvalue weighted by molar-refractivity contribution is -0.385. The second-order valence-corrected chi connectivity index (χ2v) is 5.68. The van der Waals surface area contributed by atoms with Crippen molar-refractivity contribution in [3.8, 4) is 5.75 Å². The zero-order valence-corrected chi connectivity index (χ0v) is 12.2. The Morgan fingerprint density at radius 1 is 1.48 bits per heavy atom. The monoisotopic (exact) mass is 307 g/mol. The zero-order valence-electron chi connectivity index (χ0n) is 11.4. The van der Waals surface area contributed by atoms with E-state index in [0.717, 1.165) is 27.7 Å². The number of nitro benzene ring substituents is 1. The maximum Gasteiger partial charge on any atom is 0.311 e. The molecule has 1 aromatic carbocycles. The summed E-state index contributed by atoms with van der Waals surface area (Å²) in [7, 11) is 0. The number of aromatic nitrogens is 1. The molecule has 0 atom stereocenters. The number of hydrogen-bond acceptors (Lipinski definition) is 6. The van der Waals surface area contributed by atoms with Gasteiger partial charge in [0.1, 0.15) is 5.01 Å². The number of amides is 1. The first-order valence-electron chi connectivity index (χ1n) is 6.07. The Kier molecular flexibility index (Phi) is 4.18. The van der Waals surface area contributed by atoms with E-state index in [-0.39, 0.29) is 12.1 Å². The van der Waals surface area contributed by atoms with Crippen LogP contribution >= 0.6 is 11.3 Å². The topological polar surface area (TPSA) is 105 Å². The van der Waals surface area contributed by atoms with Crippen LogP contribution in [0.5, 0.6) is 5.75 Å². The highest BCUT2D eigenvalue weighted by Crippen LogP contribution is 2.26. The summed E-state index contributed by atoms with van der Waals surface area (Å²) in [4.78, 5) is 27.3. The van der Waals surface area contributed by atoms with Crippen LogP contribution in [0.3, 0.4) is 0 Å². The Bertz CT molecular complexity index is 692. The molecule has 110 valence electrons.